The average molecular weight is 230 g/mol. The summed E-state index contributed by atoms with van der Waals surface area (Å²) in [5.74, 6) is 0.475. The van der Waals surface area contributed by atoms with Crippen LogP contribution < -0.4 is 4.74 Å². The van der Waals surface area contributed by atoms with Crippen molar-refractivity contribution in [1.29, 1.82) is 0 Å². The summed E-state index contributed by atoms with van der Waals surface area (Å²) in [5.41, 5.74) is 0.938. The van der Waals surface area contributed by atoms with E-state index in [0.717, 1.165) is 5.56 Å². The normalized spacial score (nSPS) is 9.88. The van der Waals surface area contributed by atoms with Crippen LogP contribution in [-0.2, 0) is 6.61 Å². The van der Waals surface area contributed by atoms with Gasteiger partial charge in [-0.1, -0.05) is 12.1 Å². The molecule has 5 nitrogen and oxygen atoms in total. The Morgan fingerprint density at radius 3 is 2.88 bits per heavy atom. The lowest BCUT2D eigenvalue weighted by atomic mass is 10.3. The quantitative estimate of drug-likeness (QED) is 0.598. The van der Waals surface area contributed by atoms with E-state index in [2.05, 4.69) is 4.98 Å². The van der Waals surface area contributed by atoms with E-state index in [1.54, 1.807) is 24.5 Å². The Morgan fingerprint density at radius 1 is 1.29 bits per heavy atom. The van der Waals surface area contributed by atoms with Crippen LogP contribution >= 0.6 is 0 Å². The van der Waals surface area contributed by atoms with Crippen molar-refractivity contribution in [3.05, 3.63) is 64.5 Å². The van der Waals surface area contributed by atoms with Crippen LogP contribution in [0.15, 0.2) is 48.8 Å². The van der Waals surface area contributed by atoms with Crippen molar-refractivity contribution in [2.45, 2.75) is 6.61 Å². The number of pyridine rings is 1. The topological polar surface area (TPSA) is 65.3 Å². The van der Waals surface area contributed by atoms with Gasteiger partial charge in [0.15, 0.2) is 0 Å². The second-order valence-corrected chi connectivity index (χ2v) is 3.40. The molecule has 1 heterocycles. The number of aromatic nitrogens is 1. The highest BCUT2D eigenvalue weighted by molar-refractivity contribution is 5.38. The number of nitro groups is 1. The van der Waals surface area contributed by atoms with Crippen molar-refractivity contribution in [3.8, 4) is 5.75 Å². The van der Waals surface area contributed by atoms with Crippen molar-refractivity contribution in [2.75, 3.05) is 0 Å². The third-order valence-electron chi connectivity index (χ3n) is 2.16. The first-order valence-electron chi connectivity index (χ1n) is 5.02. The molecule has 0 saturated heterocycles. The molecule has 17 heavy (non-hydrogen) atoms. The third-order valence-corrected chi connectivity index (χ3v) is 2.16. The summed E-state index contributed by atoms with van der Waals surface area (Å²) < 4.78 is 5.44. The number of nitrogens with zero attached hydrogens (tertiary/aromatic N) is 2. The fraction of sp³-hybridized carbons (Fsp3) is 0.0833. The molecule has 0 spiro atoms. The summed E-state index contributed by atoms with van der Waals surface area (Å²) in [4.78, 5) is 14.1. The number of non-ortho nitro benzene ring substituents is 1. The molecule has 0 radical (unpaired) electrons. The van der Waals surface area contributed by atoms with Crippen LogP contribution in [0, 0.1) is 10.1 Å². The maximum Gasteiger partial charge on any atom is 0.273 e. The van der Waals surface area contributed by atoms with Gasteiger partial charge in [-0.05, 0) is 12.1 Å². The molecule has 0 amide bonds. The second-order valence-electron chi connectivity index (χ2n) is 3.40. The molecular weight excluding hydrogens is 220 g/mol. The van der Waals surface area contributed by atoms with Gasteiger partial charge in [0, 0.05) is 24.0 Å². The number of hydrogen-bond donors (Lipinski definition) is 0. The van der Waals surface area contributed by atoms with Crippen LogP contribution in [0.1, 0.15) is 5.56 Å². The van der Waals surface area contributed by atoms with Crippen molar-refractivity contribution >= 4 is 5.69 Å². The summed E-state index contributed by atoms with van der Waals surface area (Å²) in [6.07, 6.45) is 3.37. The Hall–Kier alpha value is -2.43. The minimum Gasteiger partial charge on any atom is -0.489 e. The van der Waals surface area contributed by atoms with Crippen LogP contribution in [0.5, 0.6) is 5.75 Å². The lowest BCUT2D eigenvalue weighted by molar-refractivity contribution is -0.384. The number of nitro benzene ring substituents is 1. The zero-order valence-corrected chi connectivity index (χ0v) is 8.95. The van der Waals surface area contributed by atoms with E-state index in [9.17, 15) is 10.1 Å². The molecule has 0 aliphatic carbocycles. The molecule has 0 atom stereocenters. The van der Waals surface area contributed by atoms with E-state index in [0.29, 0.717) is 12.4 Å². The largest absolute Gasteiger partial charge is 0.489 e. The number of rotatable bonds is 4. The third kappa shape index (κ3) is 3.01. The van der Waals surface area contributed by atoms with E-state index in [1.165, 1.54) is 12.1 Å². The Morgan fingerprint density at radius 2 is 2.18 bits per heavy atom. The summed E-state index contributed by atoms with van der Waals surface area (Å²) in [6, 6.07) is 9.80. The first-order chi connectivity index (χ1) is 8.25. The van der Waals surface area contributed by atoms with Crippen LogP contribution in [-0.4, -0.2) is 9.91 Å². The summed E-state index contributed by atoms with van der Waals surface area (Å²) in [5, 5.41) is 10.6. The molecule has 0 bridgehead atoms. The van der Waals surface area contributed by atoms with Gasteiger partial charge in [0.05, 0.1) is 11.0 Å². The molecule has 1 aromatic heterocycles. The Kier molecular flexibility index (Phi) is 3.30. The van der Waals surface area contributed by atoms with E-state index < -0.39 is 4.92 Å². The standard InChI is InChI=1S/C12H10N2O3/c15-14(16)11-4-1-5-12(7-11)17-9-10-3-2-6-13-8-10/h1-8H,9H2. The zero-order valence-electron chi connectivity index (χ0n) is 8.95. The Bertz CT molecular complexity index is 514. The Balaban J connectivity index is 2.04. The van der Waals surface area contributed by atoms with E-state index in [1.807, 2.05) is 12.1 Å². The highest BCUT2D eigenvalue weighted by atomic mass is 16.6. The fourth-order valence-corrected chi connectivity index (χ4v) is 1.34. The van der Waals surface area contributed by atoms with Crippen LogP contribution in [0.25, 0.3) is 0 Å². The van der Waals surface area contributed by atoms with E-state index in [-0.39, 0.29) is 5.69 Å². The highest BCUT2D eigenvalue weighted by Crippen LogP contribution is 2.19. The summed E-state index contributed by atoms with van der Waals surface area (Å²) >= 11 is 0. The van der Waals surface area contributed by atoms with Gasteiger partial charge in [-0.25, -0.2) is 0 Å². The smallest absolute Gasteiger partial charge is 0.273 e. The van der Waals surface area contributed by atoms with Gasteiger partial charge >= 0.3 is 0 Å². The molecule has 2 aromatic rings. The first kappa shape index (κ1) is 11.1. The van der Waals surface area contributed by atoms with Crippen molar-refractivity contribution in [1.82, 2.24) is 4.98 Å². The molecule has 0 aliphatic rings. The van der Waals surface area contributed by atoms with Gasteiger partial charge in [-0.15, -0.1) is 0 Å². The van der Waals surface area contributed by atoms with Crippen LogP contribution in [0.2, 0.25) is 0 Å². The molecule has 5 heteroatoms. The molecule has 0 fully saturated rings. The second kappa shape index (κ2) is 5.07. The molecule has 0 aliphatic heterocycles. The monoisotopic (exact) mass is 230 g/mol. The SMILES string of the molecule is O=[N+]([O-])c1cccc(OCc2cccnc2)c1. The van der Waals surface area contributed by atoms with Crippen molar-refractivity contribution in [3.63, 3.8) is 0 Å². The van der Waals surface area contributed by atoms with E-state index in [4.69, 9.17) is 4.74 Å². The molecule has 0 unspecified atom stereocenters. The summed E-state index contributed by atoms with van der Waals surface area (Å²) in [6.45, 7) is 0.342. The summed E-state index contributed by atoms with van der Waals surface area (Å²) in [7, 11) is 0. The molecular formula is C12H10N2O3. The first-order valence-corrected chi connectivity index (χ1v) is 5.02. The Labute approximate surface area is 97.8 Å². The lowest BCUT2D eigenvalue weighted by Gasteiger charge is -2.05. The molecule has 86 valence electrons. The van der Waals surface area contributed by atoms with Crippen LogP contribution in [0.4, 0.5) is 5.69 Å². The van der Waals surface area contributed by atoms with Gasteiger partial charge in [0.25, 0.3) is 5.69 Å². The van der Waals surface area contributed by atoms with Crippen LogP contribution in [0.3, 0.4) is 0 Å². The minimum atomic E-state index is -0.447. The predicted octanol–water partition coefficient (Wildman–Crippen LogP) is 2.57. The molecule has 0 N–H and O–H groups in total. The molecule has 1 aromatic carbocycles. The number of ether oxygens (including phenoxy) is 1. The van der Waals surface area contributed by atoms with Crippen molar-refractivity contribution in [2.24, 2.45) is 0 Å². The van der Waals surface area contributed by atoms with Gasteiger partial charge < -0.3 is 4.74 Å². The maximum absolute atomic E-state index is 10.6. The average Bonchev–Trinajstić information content (AvgIpc) is 2.38. The highest BCUT2D eigenvalue weighted by Gasteiger charge is 2.06. The van der Waals surface area contributed by atoms with Crippen molar-refractivity contribution < 1.29 is 9.66 Å². The molecule has 0 saturated carbocycles. The zero-order chi connectivity index (χ0) is 12.1. The van der Waals surface area contributed by atoms with Gasteiger partial charge in [0.1, 0.15) is 12.4 Å². The fourth-order valence-electron chi connectivity index (χ4n) is 1.34. The maximum atomic E-state index is 10.6. The molecule has 2 rings (SSSR count). The number of hydrogen-bond acceptors (Lipinski definition) is 4. The predicted molar refractivity (Wildman–Crippen MR) is 61.7 cm³/mol. The van der Waals surface area contributed by atoms with Gasteiger partial charge in [-0.2, -0.15) is 0 Å². The van der Waals surface area contributed by atoms with Gasteiger partial charge in [0.2, 0.25) is 0 Å². The number of benzene rings is 1. The van der Waals surface area contributed by atoms with Gasteiger partial charge in [-0.3, -0.25) is 15.1 Å². The minimum absolute atomic E-state index is 0.0219. The van der Waals surface area contributed by atoms with E-state index >= 15 is 0 Å². The lowest BCUT2D eigenvalue weighted by Crippen LogP contribution is -1.96.